The molecule has 28 heavy (non-hydrogen) atoms. The first-order valence-electron chi connectivity index (χ1n) is 10.6. The molecule has 4 rings (SSSR count). The van der Waals surface area contributed by atoms with Crippen molar-refractivity contribution in [1.29, 1.82) is 0 Å². The molecule has 0 saturated heterocycles. The molecule has 1 heterocycles. The molecule has 1 aliphatic heterocycles. The van der Waals surface area contributed by atoms with E-state index in [2.05, 4.69) is 84.0 Å². The molecule has 0 fully saturated rings. The zero-order valence-electron chi connectivity index (χ0n) is 18.3. The van der Waals surface area contributed by atoms with Gasteiger partial charge in [-0.3, -0.25) is 4.99 Å². The van der Waals surface area contributed by atoms with Gasteiger partial charge in [-0.25, -0.2) is 0 Å². The summed E-state index contributed by atoms with van der Waals surface area (Å²) in [6.45, 7) is 19.3. The highest BCUT2D eigenvalue weighted by molar-refractivity contribution is 5.94. The van der Waals surface area contributed by atoms with Gasteiger partial charge in [0.25, 0.3) is 0 Å². The maximum absolute atomic E-state index is 5.12. The predicted molar refractivity (Wildman–Crippen MR) is 122 cm³/mol. The summed E-state index contributed by atoms with van der Waals surface area (Å²) in [5, 5.41) is 0. The molecule has 2 bridgehead atoms. The molecular formula is C27H33N. The summed E-state index contributed by atoms with van der Waals surface area (Å²) in [7, 11) is 0. The molecule has 1 aromatic rings. The van der Waals surface area contributed by atoms with Crippen LogP contribution in [-0.4, -0.2) is 12.3 Å². The van der Waals surface area contributed by atoms with Crippen LogP contribution in [0.3, 0.4) is 0 Å². The van der Waals surface area contributed by atoms with Crippen LogP contribution in [0.25, 0.3) is 5.57 Å². The number of hydrogen-bond acceptors (Lipinski definition) is 1. The Bertz CT molecular complexity index is 966. The molecule has 0 aromatic heterocycles. The minimum atomic E-state index is -0.0160. The monoisotopic (exact) mass is 371 g/mol. The van der Waals surface area contributed by atoms with E-state index in [9.17, 15) is 0 Å². The number of rotatable bonds is 1. The van der Waals surface area contributed by atoms with E-state index < -0.39 is 0 Å². The Labute approximate surface area is 170 Å². The van der Waals surface area contributed by atoms with Crippen LogP contribution in [0.5, 0.6) is 0 Å². The topological polar surface area (TPSA) is 12.4 Å². The molecule has 3 aliphatic rings. The Morgan fingerprint density at radius 3 is 2.68 bits per heavy atom. The van der Waals surface area contributed by atoms with E-state index in [1.165, 1.54) is 39.1 Å². The number of aliphatic imine (C=N–C) groups is 1. The van der Waals surface area contributed by atoms with E-state index in [-0.39, 0.29) is 10.8 Å². The summed E-state index contributed by atoms with van der Waals surface area (Å²) >= 11 is 0. The third-order valence-electron chi connectivity index (χ3n) is 7.47. The molecule has 0 spiro atoms. The van der Waals surface area contributed by atoms with Crippen molar-refractivity contribution in [1.82, 2.24) is 0 Å². The van der Waals surface area contributed by atoms with Crippen LogP contribution in [0.4, 0.5) is 0 Å². The van der Waals surface area contributed by atoms with Gasteiger partial charge in [0.2, 0.25) is 0 Å². The summed E-state index contributed by atoms with van der Waals surface area (Å²) in [5.41, 5.74) is 9.52. The third-order valence-corrected chi connectivity index (χ3v) is 7.47. The summed E-state index contributed by atoms with van der Waals surface area (Å²) in [5.74, 6) is 0.705. The molecule has 3 atom stereocenters. The average Bonchev–Trinajstić information content (AvgIpc) is 2.68. The summed E-state index contributed by atoms with van der Waals surface area (Å²) < 4.78 is 0. The standard InChI is InChI=1S/C27H33N/c1-8-15-27(7)16-28-19(4)17(2)20-11-9-12-21-24(20)18(3)25-22(26(21,5)6)13-10-14-23(25)27/h8-13,15,17,23H,3,14,16H2,1-2,4-7H3. The lowest BCUT2D eigenvalue weighted by atomic mass is 9.57. The van der Waals surface area contributed by atoms with Gasteiger partial charge in [0.15, 0.2) is 0 Å². The zero-order chi connectivity index (χ0) is 20.3. The fourth-order valence-corrected chi connectivity index (χ4v) is 5.62. The van der Waals surface area contributed by atoms with Crippen LogP contribution in [0.15, 0.2) is 65.2 Å². The maximum Gasteiger partial charge on any atom is 0.0483 e. The Kier molecular flexibility index (Phi) is 4.41. The summed E-state index contributed by atoms with van der Waals surface area (Å²) in [6.07, 6.45) is 10.4. The highest BCUT2D eigenvalue weighted by Crippen LogP contribution is 2.56. The normalized spacial score (nSPS) is 31.2. The molecular weight excluding hydrogens is 338 g/mol. The van der Waals surface area contributed by atoms with Gasteiger partial charge < -0.3 is 0 Å². The predicted octanol–water partition coefficient (Wildman–Crippen LogP) is 7.02. The first kappa shape index (κ1) is 19.2. The fraction of sp³-hybridized carbons (Fsp3) is 0.444. The lowest BCUT2D eigenvalue weighted by Crippen LogP contribution is -2.38. The number of nitrogens with zero attached hydrogens (tertiary/aromatic N) is 1. The molecule has 1 nitrogen and oxygen atoms in total. The van der Waals surface area contributed by atoms with Crippen LogP contribution >= 0.6 is 0 Å². The van der Waals surface area contributed by atoms with E-state index >= 15 is 0 Å². The Balaban J connectivity index is 2.11. The minimum absolute atomic E-state index is 0.0100. The Morgan fingerprint density at radius 2 is 1.96 bits per heavy atom. The van der Waals surface area contributed by atoms with E-state index in [1.807, 2.05) is 0 Å². The second-order valence-corrected chi connectivity index (χ2v) is 9.58. The molecule has 0 radical (unpaired) electrons. The van der Waals surface area contributed by atoms with Crippen molar-refractivity contribution in [2.45, 2.75) is 59.3 Å². The van der Waals surface area contributed by atoms with Crippen molar-refractivity contribution in [2.24, 2.45) is 16.3 Å². The van der Waals surface area contributed by atoms with Crippen LogP contribution in [0.1, 0.15) is 70.6 Å². The first-order valence-corrected chi connectivity index (χ1v) is 10.6. The molecule has 146 valence electrons. The molecule has 1 aromatic carbocycles. The maximum atomic E-state index is 5.12. The van der Waals surface area contributed by atoms with Crippen molar-refractivity contribution in [3.63, 3.8) is 0 Å². The van der Waals surface area contributed by atoms with E-state index in [1.54, 1.807) is 0 Å². The van der Waals surface area contributed by atoms with Gasteiger partial charge in [-0.2, -0.15) is 0 Å². The van der Waals surface area contributed by atoms with Crippen molar-refractivity contribution >= 4 is 11.3 Å². The Hall–Kier alpha value is -2.15. The van der Waals surface area contributed by atoms with Gasteiger partial charge in [-0.05, 0) is 59.6 Å². The molecule has 0 N–H and O–H groups in total. The van der Waals surface area contributed by atoms with Crippen LogP contribution in [0, 0.1) is 11.3 Å². The van der Waals surface area contributed by atoms with Crippen LogP contribution in [-0.2, 0) is 5.41 Å². The lowest BCUT2D eigenvalue weighted by molar-refractivity contribution is 0.304. The van der Waals surface area contributed by atoms with Crippen LogP contribution in [0.2, 0.25) is 0 Å². The smallest absolute Gasteiger partial charge is 0.0483 e. The highest BCUT2D eigenvalue weighted by atomic mass is 14.8. The largest absolute Gasteiger partial charge is 0.293 e. The van der Waals surface area contributed by atoms with Gasteiger partial charge >= 0.3 is 0 Å². The number of hydrogen-bond donors (Lipinski definition) is 0. The van der Waals surface area contributed by atoms with Crippen LogP contribution < -0.4 is 0 Å². The van der Waals surface area contributed by atoms with E-state index in [4.69, 9.17) is 11.6 Å². The zero-order valence-corrected chi connectivity index (χ0v) is 18.3. The first-order chi connectivity index (χ1) is 13.2. The van der Waals surface area contributed by atoms with Gasteiger partial charge in [-0.1, -0.05) is 76.8 Å². The minimum Gasteiger partial charge on any atom is -0.293 e. The second-order valence-electron chi connectivity index (χ2n) is 9.58. The summed E-state index contributed by atoms with van der Waals surface area (Å²) in [4.78, 5) is 5.12. The third kappa shape index (κ3) is 2.55. The van der Waals surface area contributed by atoms with Gasteiger partial charge in [0.1, 0.15) is 0 Å². The molecule has 2 aliphatic carbocycles. The van der Waals surface area contributed by atoms with Crippen molar-refractivity contribution in [3.05, 3.63) is 76.9 Å². The fourth-order valence-electron chi connectivity index (χ4n) is 5.62. The van der Waals surface area contributed by atoms with E-state index in [0.29, 0.717) is 11.8 Å². The quantitative estimate of drug-likeness (QED) is 0.470. The van der Waals surface area contributed by atoms with Gasteiger partial charge in [0.05, 0.1) is 0 Å². The highest BCUT2D eigenvalue weighted by Gasteiger charge is 2.45. The molecule has 0 saturated carbocycles. The molecule has 3 unspecified atom stereocenters. The van der Waals surface area contributed by atoms with Gasteiger partial charge in [-0.15, -0.1) is 0 Å². The van der Waals surface area contributed by atoms with Crippen molar-refractivity contribution < 1.29 is 0 Å². The van der Waals surface area contributed by atoms with Crippen molar-refractivity contribution in [3.8, 4) is 0 Å². The van der Waals surface area contributed by atoms with Gasteiger partial charge in [0, 0.05) is 29.0 Å². The average molecular weight is 372 g/mol. The van der Waals surface area contributed by atoms with E-state index in [0.717, 1.165) is 13.0 Å². The number of benzene rings is 1. The Morgan fingerprint density at radius 1 is 1.21 bits per heavy atom. The second kappa shape index (κ2) is 6.44. The SMILES string of the molecule is C=C1C2=C3C=CCC2C(C)(C=CC)CN=C(C)C(C)c2cccc(c21)C3(C)C. The molecule has 1 heteroatoms. The lowest BCUT2D eigenvalue weighted by Gasteiger charge is -2.47. The van der Waals surface area contributed by atoms with Crippen molar-refractivity contribution in [2.75, 3.05) is 6.54 Å². The molecule has 0 amide bonds. The number of allylic oxidation sites excluding steroid dienone is 6. The summed E-state index contributed by atoms with van der Waals surface area (Å²) in [6, 6.07) is 6.81.